The summed E-state index contributed by atoms with van der Waals surface area (Å²) in [5, 5.41) is 3.50. The van der Waals surface area contributed by atoms with E-state index < -0.39 is 0 Å². The minimum atomic E-state index is 0.854. The number of rotatable bonds is 0. The number of nitrogens with zero attached hydrogens (tertiary/aromatic N) is 4. The van der Waals surface area contributed by atoms with Gasteiger partial charge in [-0.05, 0) is 99.1 Å². The van der Waals surface area contributed by atoms with Gasteiger partial charge in [0.1, 0.15) is 16.8 Å². The molecule has 0 spiro atoms. The Morgan fingerprint density at radius 2 is 1.46 bits per heavy atom. The van der Waals surface area contributed by atoms with Gasteiger partial charge in [-0.1, -0.05) is 36.4 Å². The molecule has 0 N–H and O–H groups in total. The molecule has 9 rings (SSSR count). The van der Waals surface area contributed by atoms with Gasteiger partial charge in [-0.3, -0.25) is 4.40 Å². The minimum Gasteiger partial charge on any atom is -0.260 e. The van der Waals surface area contributed by atoms with E-state index in [2.05, 4.69) is 64.0 Å². The van der Waals surface area contributed by atoms with Crippen LogP contribution in [0.3, 0.4) is 0 Å². The van der Waals surface area contributed by atoms with E-state index in [4.69, 9.17) is 9.97 Å². The number of fused-ring (bicyclic) bond motifs is 15. The topological polar surface area (TPSA) is 43.1 Å². The first-order valence-electron chi connectivity index (χ1n) is 12.0. The number of pyridine rings is 3. The molecular formula is C31H18N4. The highest BCUT2D eigenvalue weighted by Gasteiger charge is 2.29. The lowest BCUT2D eigenvalue weighted by Crippen LogP contribution is -1.96. The summed E-state index contributed by atoms with van der Waals surface area (Å²) >= 11 is 0. The van der Waals surface area contributed by atoms with Gasteiger partial charge < -0.3 is 0 Å². The Balaban J connectivity index is 1.41. The first kappa shape index (κ1) is 17.8. The van der Waals surface area contributed by atoms with E-state index in [9.17, 15) is 0 Å². The summed E-state index contributed by atoms with van der Waals surface area (Å²) in [6.45, 7) is 0. The average molecular weight is 447 g/mol. The molecule has 162 valence electrons. The zero-order valence-electron chi connectivity index (χ0n) is 18.8. The summed E-state index contributed by atoms with van der Waals surface area (Å²) < 4.78 is 2.12. The molecule has 7 aromatic rings. The van der Waals surface area contributed by atoms with Crippen LogP contribution in [-0.2, 0) is 12.8 Å². The monoisotopic (exact) mass is 446 g/mol. The van der Waals surface area contributed by atoms with Crippen LogP contribution in [0.2, 0.25) is 0 Å². The number of hydrogen-bond acceptors (Lipinski definition) is 3. The van der Waals surface area contributed by atoms with Crippen LogP contribution in [0, 0.1) is 0 Å². The van der Waals surface area contributed by atoms with Crippen molar-refractivity contribution in [3.63, 3.8) is 0 Å². The predicted octanol–water partition coefficient (Wildman–Crippen LogP) is 6.73. The molecule has 3 aromatic carbocycles. The van der Waals surface area contributed by atoms with Crippen molar-refractivity contribution in [3.8, 4) is 22.3 Å². The minimum absolute atomic E-state index is 0.854. The average Bonchev–Trinajstić information content (AvgIpc) is 3.58. The molecule has 0 bridgehead atoms. The Morgan fingerprint density at radius 1 is 0.571 bits per heavy atom. The number of imidazole rings is 1. The Morgan fingerprint density at radius 3 is 2.43 bits per heavy atom. The van der Waals surface area contributed by atoms with Gasteiger partial charge in [0.25, 0.3) is 0 Å². The standard InChI is InChI=1S/C31H18N4/c1-2-6-20-17(5-1)14-25-21(20)10-9-18-13-19-15-26-24(16-23(19)28(18)25)22-7-3-11-32-29(22)35-30(26)34-27-8-4-12-33-31(27)35/h1-12,15-16H,13-14H2. The van der Waals surface area contributed by atoms with Gasteiger partial charge in [0.05, 0.1) is 0 Å². The molecule has 0 aliphatic heterocycles. The van der Waals surface area contributed by atoms with E-state index in [1.54, 1.807) is 0 Å². The van der Waals surface area contributed by atoms with Crippen molar-refractivity contribution >= 4 is 38.6 Å². The van der Waals surface area contributed by atoms with E-state index in [1.807, 2.05) is 30.6 Å². The van der Waals surface area contributed by atoms with Crippen molar-refractivity contribution in [2.45, 2.75) is 12.8 Å². The third kappa shape index (κ3) is 2.15. The van der Waals surface area contributed by atoms with Gasteiger partial charge in [-0.15, -0.1) is 0 Å². The van der Waals surface area contributed by atoms with Gasteiger partial charge in [-0.2, -0.15) is 0 Å². The normalized spacial score (nSPS) is 13.5. The fraction of sp³-hybridized carbons (Fsp3) is 0.0645. The first-order chi connectivity index (χ1) is 17.3. The third-order valence-corrected chi connectivity index (χ3v) is 7.91. The Bertz CT molecular complexity index is 2070. The van der Waals surface area contributed by atoms with Crippen LogP contribution in [-0.4, -0.2) is 19.4 Å². The molecule has 0 atom stereocenters. The molecule has 4 heterocycles. The maximum Gasteiger partial charge on any atom is 0.166 e. The summed E-state index contributed by atoms with van der Waals surface area (Å²) in [6.07, 6.45) is 5.65. The number of hydrogen-bond donors (Lipinski definition) is 0. The smallest absolute Gasteiger partial charge is 0.166 e. The van der Waals surface area contributed by atoms with Crippen LogP contribution in [0.25, 0.3) is 60.9 Å². The lowest BCUT2D eigenvalue weighted by Gasteiger charge is -2.12. The highest BCUT2D eigenvalue weighted by atomic mass is 15.1. The van der Waals surface area contributed by atoms with Gasteiger partial charge >= 0.3 is 0 Å². The molecule has 0 amide bonds. The maximum atomic E-state index is 5.01. The third-order valence-electron chi connectivity index (χ3n) is 7.91. The summed E-state index contributed by atoms with van der Waals surface area (Å²) in [5.41, 5.74) is 14.8. The summed E-state index contributed by atoms with van der Waals surface area (Å²) in [5.74, 6) is 0. The van der Waals surface area contributed by atoms with Crippen LogP contribution in [0.4, 0.5) is 0 Å². The molecule has 0 radical (unpaired) electrons. The number of aromatic nitrogens is 4. The van der Waals surface area contributed by atoms with Crippen molar-refractivity contribution in [3.05, 3.63) is 107 Å². The Kier molecular flexibility index (Phi) is 3.11. The van der Waals surface area contributed by atoms with Crippen molar-refractivity contribution in [1.29, 1.82) is 0 Å². The second kappa shape index (κ2) is 6.10. The zero-order valence-corrected chi connectivity index (χ0v) is 18.8. The fourth-order valence-corrected chi connectivity index (χ4v) is 6.46. The predicted molar refractivity (Wildman–Crippen MR) is 140 cm³/mol. The zero-order chi connectivity index (χ0) is 22.7. The lowest BCUT2D eigenvalue weighted by molar-refractivity contribution is 1.19. The van der Waals surface area contributed by atoms with Crippen molar-refractivity contribution in [2.75, 3.05) is 0 Å². The van der Waals surface area contributed by atoms with Crippen LogP contribution in [0.5, 0.6) is 0 Å². The SMILES string of the molecule is c1ccc2c(c1)Cc1c-2ccc2c1-c1cc3c4cccnc4n4c5ncccc5nc4c3cc1C2. The fourth-order valence-electron chi connectivity index (χ4n) is 6.46. The van der Waals surface area contributed by atoms with Crippen LogP contribution >= 0.6 is 0 Å². The maximum absolute atomic E-state index is 5.01. The van der Waals surface area contributed by atoms with E-state index in [0.717, 1.165) is 46.1 Å². The molecule has 0 saturated heterocycles. The highest BCUT2D eigenvalue weighted by Crippen LogP contribution is 2.49. The summed E-state index contributed by atoms with van der Waals surface area (Å²) in [4.78, 5) is 14.5. The van der Waals surface area contributed by atoms with Crippen LogP contribution < -0.4 is 0 Å². The molecule has 2 aliphatic rings. The van der Waals surface area contributed by atoms with Crippen molar-refractivity contribution in [2.24, 2.45) is 0 Å². The molecule has 4 heteroatoms. The Hall–Kier alpha value is -4.57. The van der Waals surface area contributed by atoms with Crippen molar-refractivity contribution in [1.82, 2.24) is 19.4 Å². The molecular weight excluding hydrogens is 428 g/mol. The van der Waals surface area contributed by atoms with Gasteiger partial charge in [0, 0.05) is 23.2 Å². The van der Waals surface area contributed by atoms with E-state index >= 15 is 0 Å². The first-order valence-corrected chi connectivity index (χ1v) is 12.0. The largest absolute Gasteiger partial charge is 0.260 e. The van der Waals surface area contributed by atoms with Gasteiger partial charge in [0.2, 0.25) is 0 Å². The lowest BCUT2D eigenvalue weighted by atomic mass is 9.93. The van der Waals surface area contributed by atoms with Crippen LogP contribution in [0.15, 0.2) is 85.2 Å². The van der Waals surface area contributed by atoms with Gasteiger partial charge in [-0.25, -0.2) is 15.0 Å². The van der Waals surface area contributed by atoms with E-state index in [-0.39, 0.29) is 0 Å². The number of benzene rings is 3. The molecule has 0 unspecified atom stereocenters. The van der Waals surface area contributed by atoms with E-state index in [0.29, 0.717) is 0 Å². The molecule has 4 aromatic heterocycles. The van der Waals surface area contributed by atoms with Gasteiger partial charge in [0.15, 0.2) is 5.65 Å². The molecule has 0 saturated carbocycles. The summed E-state index contributed by atoms with van der Waals surface area (Å²) in [7, 11) is 0. The summed E-state index contributed by atoms with van der Waals surface area (Å²) in [6, 6.07) is 26.4. The highest BCUT2D eigenvalue weighted by molar-refractivity contribution is 6.14. The van der Waals surface area contributed by atoms with E-state index in [1.165, 1.54) is 49.9 Å². The molecule has 0 fully saturated rings. The molecule has 35 heavy (non-hydrogen) atoms. The van der Waals surface area contributed by atoms with Crippen LogP contribution in [0.1, 0.15) is 22.3 Å². The second-order valence-corrected chi connectivity index (χ2v) is 9.68. The quantitative estimate of drug-likeness (QED) is 0.243. The van der Waals surface area contributed by atoms with Crippen molar-refractivity contribution < 1.29 is 0 Å². The molecule has 2 aliphatic carbocycles. The Labute approximate surface area is 200 Å². The second-order valence-electron chi connectivity index (χ2n) is 9.68. The molecule has 4 nitrogen and oxygen atoms in total.